The second-order valence-electron chi connectivity index (χ2n) is 6.71. The number of ether oxygens (including phenoxy) is 1. The molecule has 0 aromatic heterocycles. The van der Waals surface area contributed by atoms with Gasteiger partial charge >= 0.3 is 0 Å². The molecule has 98 valence electrons. The van der Waals surface area contributed by atoms with Gasteiger partial charge in [-0.2, -0.15) is 0 Å². The quantitative estimate of drug-likeness (QED) is 0.796. The van der Waals surface area contributed by atoms with Crippen LogP contribution in [0.4, 0.5) is 0 Å². The van der Waals surface area contributed by atoms with Gasteiger partial charge in [-0.15, -0.1) is 0 Å². The number of hydrogen-bond acceptors (Lipinski definition) is 3. The SMILES string of the molecule is CC1(CN2C3CCC2CC(N)C3)CCOCC1. The van der Waals surface area contributed by atoms with Crippen LogP contribution in [0.2, 0.25) is 0 Å². The maximum atomic E-state index is 6.14. The minimum absolute atomic E-state index is 0.464. The molecule has 3 fully saturated rings. The molecular weight excluding hydrogens is 212 g/mol. The minimum atomic E-state index is 0.464. The Bertz CT molecular complexity index is 261. The lowest BCUT2D eigenvalue weighted by Crippen LogP contribution is -2.51. The molecule has 2 N–H and O–H groups in total. The predicted octanol–water partition coefficient (Wildman–Crippen LogP) is 1.76. The first-order valence-corrected chi connectivity index (χ1v) is 7.25. The Morgan fingerprint density at radius 3 is 2.35 bits per heavy atom. The molecule has 3 aliphatic heterocycles. The molecule has 17 heavy (non-hydrogen) atoms. The van der Waals surface area contributed by atoms with Crippen molar-refractivity contribution in [2.24, 2.45) is 11.1 Å². The molecule has 3 heteroatoms. The van der Waals surface area contributed by atoms with Gasteiger partial charge in [0, 0.05) is 37.9 Å². The van der Waals surface area contributed by atoms with Crippen LogP contribution in [-0.4, -0.2) is 42.8 Å². The Morgan fingerprint density at radius 1 is 1.18 bits per heavy atom. The first-order valence-electron chi connectivity index (χ1n) is 7.25. The van der Waals surface area contributed by atoms with E-state index in [9.17, 15) is 0 Å². The maximum absolute atomic E-state index is 6.14. The van der Waals surface area contributed by atoms with E-state index in [0.717, 1.165) is 25.3 Å². The minimum Gasteiger partial charge on any atom is -0.381 e. The molecule has 0 aliphatic carbocycles. The van der Waals surface area contributed by atoms with Gasteiger partial charge in [0.25, 0.3) is 0 Å². The predicted molar refractivity (Wildman–Crippen MR) is 68.9 cm³/mol. The summed E-state index contributed by atoms with van der Waals surface area (Å²) in [4.78, 5) is 2.79. The van der Waals surface area contributed by atoms with Gasteiger partial charge < -0.3 is 10.5 Å². The second kappa shape index (κ2) is 4.52. The lowest BCUT2D eigenvalue weighted by molar-refractivity contribution is -0.0123. The van der Waals surface area contributed by atoms with Crippen molar-refractivity contribution in [1.29, 1.82) is 0 Å². The number of rotatable bonds is 2. The van der Waals surface area contributed by atoms with Crippen molar-refractivity contribution in [2.75, 3.05) is 19.8 Å². The first-order chi connectivity index (χ1) is 8.16. The molecule has 3 heterocycles. The van der Waals surface area contributed by atoms with E-state index < -0.39 is 0 Å². The molecular formula is C14H26N2O. The fourth-order valence-corrected chi connectivity index (χ4v) is 4.04. The van der Waals surface area contributed by atoms with E-state index in [0.29, 0.717) is 11.5 Å². The number of piperidine rings is 1. The highest BCUT2D eigenvalue weighted by molar-refractivity contribution is 4.98. The van der Waals surface area contributed by atoms with Crippen LogP contribution in [0.25, 0.3) is 0 Å². The third kappa shape index (κ3) is 2.38. The topological polar surface area (TPSA) is 38.5 Å². The average Bonchev–Trinajstić information content (AvgIpc) is 2.54. The summed E-state index contributed by atoms with van der Waals surface area (Å²) in [6, 6.07) is 2.03. The van der Waals surface area contributed by atoms with Gasteiger partial charge in [-0.1, -0.05) is 6.92 Å². The average molecular weight is 238 g/mol. The zero-order valence-electron chi connectivity index (χ0n) is 11.0. The van der Waals surface area contributed by atoms with Crippen molar-refractivity contribution >= 4 is 0 Å². The summed E-state index contributed by atoms with van der Waals surface area (Å²) in [5.41, 5.74) is 6.62. The molecule has 3 nitrogen and oxygen atoms in total. The van der Waals surface area contributed by atoms with Gasteiger partial charge in [0.05, 0.1) is 0 Å². The highest BCUT2D eigenvalue weighted by Crippen LogP contribution is 2.40. The largest absolute Gasteiger partial charge is 0.381 e. The van der Waals surface area contributed by atoms with Crippen molar-refractivity contribution < 1.29 is 4.74 Å². The smallest absolute Gasteiger partial charge is 0.0471 e. The van der Waals surface area contributed by atoms with Gasteiger partial charge in [0.2, 0.25) is 0 Å². The Balaban J connectivity index is 1.65. The third-order valence-corrected chi connectivity index (χ3v) is 5.19. The lowest BCUT2D eigenvalue weighted by atomic mass is 9.80. The van der Waals surface area contributed by atoms with E-state index in [1.54, 1.807) is 0 Å². The number of fused-ring (bicyclic) bond motifs is 2. The van der Waals surface area contributed by atoms with Crippen LogP contribution >= 0.6 is 0 Å². The molecule has 3 rings (SSSR count). The van der Waals surface area contributed by atoms with Crippen LogP contribution in [0.1, 0.15) is 45.4 Å². The molecule has 0 aromatic rings. The maximum Gasteiger partial charge on any atom is 0.0471 e. The van der Waals surface area contributed by atoms with Crippen molar-refractivity contribution in [1.82, 2.24) is 4.90 Å². The van der Waals surface area contributed by atoms with E-state index >= 15 is 0 Å². The summed E-state index contributed by atoms with van der Waals surface area (Å²) in [5, 5.41) is 0. The van der Waals surface area contributed by atoms with Gasteiger partial charge in [-0.25, -0.2) is 0 Å². The standard InChI is InChI=1S/C14H26N2O/c1-14(4-6-17-7-5-14)10-16-12-2-3-13(16)9-11(15)8-12/h11-13H,2-10,15H2,1H3. The lowest BCUT2D eigenvalue weighted by Gasteiger charge is -2.44. The van der Waals surface area contributed by atoms with E-state index in [-0.39, 0.29) is 0 Å². The van der Waals surface area contributed by atoms with Crippen molar-refractivity contribution in [3.8, 4) is 0 Å². The summed E-state index contributed by atoms with van der Waals surface area (Å²) in [6.45, 7) is 5.64. The summed E-state index contributed by atoms with van der Waals surface area (Å²) in [7, 11) is 0. The summed E-state index contributed by atoms with van der Waals surface area (Å²) < 4.78 is 5.50. The van der Waals surface area contributed by atoms with Crippen molar-refractivity contribution in [3.05, 3.63) is 0 Å². The van der Waals surface area contributed by atoms with Gasteiger partial charge in [0.1, 0.15) is 0 Å². The van der Waals surface area contributed by atoms with Crippen LogP contribution in [0, 0.1) is 5.41 Å². The van der Waals surface area contributed by atoms with Crippen LogP contribution in [0.3, 0.4) is 0 Å². The third-order valence-electron chi connectivity index (χ3n) is 5.19. The number of nitrogens with two attached hydrogens (primary N) is 1. The summed E-state index contributed by atoms with van der Waals surface area (Å²) in [6.07, 6.45) is 7.67. The molecule has 0 amide bonds. The number of hydrogen-bond donors (Lipinski definition) is 1. The molecule has 3 aliphatic rings. The second-order valence-corrected chi connectivity index (χ2v) is 6.71. The Labute approximate surface area is 105 Å². The molecule has 2 bridgehead atoms. The van der Waals surface area contributed by atoms with E-state index in [2.05, 4.69) is 11.8 Å². The fourth-order valence-electron chi connectivity index (χ4n) is 4.04. The first kappa shape index (κ1) is 11.9. The fraction of sp³-hybridized carbons (Fsp3) is 1.00. The molecule has 2 atom stereocenters. The van der Waals surface area contributed by atoms with Gasteiger partial charge in [0.15, 0.2) is 0 Å². The van der Waals surface area contributed by atoms with Gasteiger partial charge in [-0.3, -0.25) is 4.90 Å². The molecule has 3 saturated heterocycles. The molecule has 0 aromatic carbocycles. The van der Waals surface area contributed by atoms with Gasteiger partial charge in [-0.05, 0) is 43.9 Å². The highest BCUT2D eigenvalue weighted by atomic mass is 16.5. The summed E-state index contributed by atoms with van der Waals surface area (Å²) >= 11 is 0. The molecule has 0 saturated carbocycles. The number of nitrogens with zero attached hydrogens (tertiary/aromatic N) is 1. The normalized spacial score (nSPS) is 41.6. The molecule has 0 radical (unpaired) electrons. The van der Waals surface area contributed by atoms with Crippen molar-refractivity contribution in [3.63, 3.8) is 0 Å². The van der Waals surface area contributed by atoms with Crippen LogP contribution in [0.15, 0.2) is 0 Å². The Morgan fingerprint density at radius 2 is 1.76 bits per heavy atom. The monoisotopic (exact) mass is 238 g/mol. The van der Waals surface area contributed by atoms with Crippen LogP contribution < -0.4 is 5.73 Å². The molecule has 0 spiro atoms. The Kier molecular flexibility index (Phi) is 3.18. The zero-order valence-corrected chi connectivity index (χ0v) is 11.0. The summed E-state index contributed by atoms with van der Waals surface area (Å²) in [5.74, 6) is 0. The highest BCUT2D eigenvalue weighted by Gasteiger charge is 2.42. The van der Waals surface area contributed by atoms with Crippen molar-refractivity contribution in [2.45, 2.75) is 63.6 Å². The van der Waals surface area contributed by atoms with Crippen LogP contribution in [-0.2, 0) is 4.74 Å². The molecule has 2 unspecified atom stereocenters. The Hall–Kier alpha value is -0.120. The van der Waals surface area contributed by atoms with E-state index in [4.69, 9.17) is 10.5 Å². The van der Waals surface area contributed by atoms with E-state index in [1.807, 2.05) is 0 Å². The van der Waals surface area contributed by atoms with E-state index in [1.165, 1.54) is 45.1 Å². The zero-order chi connectivity index (χ0) is 11.9. The van der Waals surface area contributed by atoms with Crippen LogP contribution in [0.5, 0.6) is 0 Å².